The minimum atomic E-state index is -0.945. The van der Waals surface area contributed by atoms with Gasteiger partial charge in [-0.3, -0.25) is 4.79 Å². The number of carboxylic acids is 1. The molecule has 4 nitrogen and oxygen atoms in total. The third kappa shape index (κ3) is 2.27. The number of carboxylic acid groups (broad SMARTS) is 1. The second-order valence-corrected chi connectivity index (χ2v) is 5.87. The van der Waals surface area contributed by atoms with Crippen LogP contribution in [0.4, 0.5) is 0 Å². The van der Waals surface area contributed by atoms with E-state index in [1.807, 2.05) is 19.2 Å². The lowest BCUT2D eigenvalue weighted by molar-refractivity contribution is -0.141. The summed E-state index contributed by atoms with van der Waals surface area (Å²) in [7, 11) is 0. The molecule has 0 radical (unpaired) electrons. The molecule has 1 heterocycles. The van der Waals surface area contributed by atoms with Crippen LogP contribution >= 0.6 is 11.3 Å². The largest absolute Gasteiger partial charge is 0.480 e. The molecule has 1 N–H and O–H groups in total. The van der Waals surface area contributed by atoms with Gasteiger partial charge < -0.3 is 10.0 Å². The molecule has 0 spiro atoms. The highest BCUT2D eigenvalue weighted by atomic mass is 32.1. The predicted octanol–water partition coefficient (Wildman–Crippen LogP) is 2.44. The maximum Gasteiger partial charge on any atom is 0.326 e. The highest BCUT2D eigenvalue weighted by molar-refractivity contribution is 7.10. The number of carbonyl (C=O) groups excluding carboxylic acids is 1. The van der Waals surface area contributed by atoms with Gasteiger partial charge >= 0.3 is 5.97 Å². The maximum absolute atomic E-state index is 12.5. The van der Waals surface area contributed by atoms with Crippen LogP contribution in [0.3, 0.4) is 0 Å². The number of aliphatic carboxylic acids is 1. The van der Waals surface area contributed by atoms with E-state index in [0.29, 0.717) is 5.56 Å². The molecular weight excluding hydrogens is 250 g/mol. The van der Waals surface area contributed by atoms with Gasteiger partial charge in [-0.15, -0.1) is 11.3 Å². The zero-order valence-electron chi connectivity index (χ0n) is 10.8. The minimum absolute atomic E-state index is 0.100. The van der Waals surface area contributed by atoms with Crippen LogP contribution in [0.2, 0.25) is 0 Å². The van der Waals surface area contributed by atoms with Gasteiger partial charge in [0.2, 0.25) is 0 Å². The lowest BCUT2D eigenvalue weighted by atomic mass is 10.1. The van der Waals surface area contributed by atoms with E-state index in [4.69, 9.17) is 5.11 Å². The van der Waals surface area contributed by atoms with Gasteiger partial charge in [0.25, 0.3) is 5.91 Å². The van der Waals surface area contributed by atoms with Gasteiger partial charge in [-0.1, -0.05) is 0 Å². The standard InChI is InChI=1S/C13H17NO3S/c1-7-9(3)18-6-11(7)12(15)14(10-4-5-10)8(2)13(16)17/h6,8,10H,4-5H2,1-3H3,(H,16,17). The second-order valence-electron chi connectivity index (χ2n) is 4.79. The van der Waals surface area contributed by atoms with Crippen molar-refractivity contribution in [2.75, 3.05) is 0 Å². The Hall–Kier alpha value is -1.36. The SMILES string of the molecule is Cc1scc(C(=O)N(C2CC2)C(C)C(=O)O)c1C. The summed E-state index contributed by atoms with van der Waals surface area (Å²) in [6.07, 6.45) is 1.82. The molecule has 0 aliphatic heterocycles. The Kier molecular flexibility index (Phi) is 3.43. The van der Waals surface area contributed by atoms with Crippen LogP contribution in [0.1, 0.15) is 40.6 Å². The molecule has 98 valence electrons. The molecule has 1 aromatic rings. The van der Waals surface area contributed by atoms with Gasteiger partial charge in [0.05, 0.1) is 5.56 Å². The van der Waals surface area contributed by atoms with Crippen molar-refractivity contribution in [1.82, 2.24) is 4.90 Å². The fraction of sp³-hybridized carbons (Fsp3) is 0.538. The third-order valence-corrected chi connectivity index (χ3v) is 4.48. The number of hydrogen-bond acceptors (Lipinski definition) is 3. The third-order valence-electron chi connectivity index (χ3n) is 3.47. The van der Waals surface area contributed by atoms with Gasteiger partial charge in [0.1, 0.15) is 6.04 Å². The van der Waals surface area contributed by atoms with Crippen LogP contribution < -0.4 is 0 Å². The number of thiophene rings is 1. The minimum Gasteiger partial charge on any atom is -0.480 e. The summed E-state index contributed by atoms with van der Waals surface area (Å²) in [6, 6.07) is -0.659. The summed E-state index contributed by atoms with van der Waals surface area (Å²) in [5.41, 5.74) is 1.62. The average Bonchev–Trinajstić information content (AvgIpc) is 3.07. The fourth-order valence-corrected chi connectivity index (χ4v) is 2.85. The topological polar surface area (TPSA) is 57.6 Å². The number of rotatable bonds is 4. The Bertz CT molecular complexity index is 490. The predicted molar refractivity (Wildman–Crippen MR) is 70.1 cm³/mol. The number of nitrogens with zero attached hydrogens (tertiary/aromatic N) is 1. The van der Waals surface area contributed by atoms with Crippen molar-refractivity contribution >= 4 is 23.2 Å². The summed E-state index contributed by atoms with van der Waals surface area (Å²) >= 11 is 1.53. The second kappa shape index (κ2) is 4.72. The summed E-state index contributed by atoms with van der Waals surface area (Å²) in [4.78, 5) is 26.2. The van der Waals surface area contributed by atoms with Crippen LogP contribution in [-0.2, 0) is 4.79 Å². The van der Waals surface area contributed by atoms with Crippen molar-refractivity contribution in [3.63, 3.8) is 0 Å². The quantitative estimate of drug-likeness (QED) is 0.911. The van der Waals surface area contributed by atoms with Crippen LogP contribution in [0, 0.1) is 13.8 Å². The highest BCUT2D eigenvalue weighted by Crippen LogP contribution is 2.32. The molecular formula is C13H17NO3S. The van der Waals surface area contributed by atoms with Gasteiger partial charge in [-0.25, -0.2) is 4.79 Å². The van der Waals surface area contributed by atoms with E-state index in [0.717, 1.165) is 23.3 Å². The van der Waals surface area contributed by atoms with Crippen LogP contribution in [0.15, 0.2) is 5.38 Å². The van der Waals surface area contributed by atoms with Gasteiger partial charge in [-0.05, 0) is 39.2 Å². The molecule has 1 aromatic heterocycles. The molecule has 1 amide bonds. The molecule has 1 atom stereocenters. The Morgan fingerprint density at radius 2 is 2.06 bits per heavy atom. The number of hydrogen-bond donors (Lipinski definition) is 1. The normalized spacial score (nSPS) is 16.4. The molecule has 0 bridgehead atoms. The summed E-state index contributed by atoms with van der Waals surface area (Å²) in [5, 5.41) is 10.9. The van der Waals surface area contributed by atoms with Crippen molar-refractivity contribution in [2.24, 2.45) is 0 Å². The Balaban J connectivity index is 2.29. The zero-order valence-corrected chi connectivity index (χ0v) is 11.6. The molecule has 1 aliphatic rings. The molecule has 18 heavy (non-hydrogen) atoms. The molecule has 5 heteroatoms. The highest BCUT2D eigenvalue weighted by Gasteiger charge is 2.39. The van der Waals surface area contributed by atoms with Gasteiger partial charge in [-0.2, -0.15) is 0 Å². The van der Waals surface area contributed by atoms with E-state index in [9.17, 15) is 9.59 Å². The first kappa shape index (κ1) is 13.1. The zero-order chi connectivity index (χ0) is 13.4. The van der Waals surface area contributed by atoms with Gasteiger partial charge in [0, 0.05) is 16.3 Å². The van der Waals surface area contributed by atoms with Gasteiger partial charge in [0.15, 0.2) is 0 Å². The van der Waals surface area contributed by atoms with E-state index in [-0.39, 0.29) is 11.9 Å². The van der Waals surface area contributed by atoms with Crippen molar-refractivity contribution in [1.29, 1.82) is 0 Å². The van der Waals surface area contributed by atoms with Crippen LogP contribution in [0.25, 0.3) is 0 Å². The summed E-state index contributed by atoms with van der Waals surface area (Å²) in [5.74, 6) is -1.09. The number of aryl methyl sites for hydroxylation is 1. The molecule has 0 aromatic carbocycles. The Labute approximate surface area is 110 Å². The first-order chi connectivity index (χ1) is 8.43. The monoisotopic (exact) mass is 267 g/mol. The fourth-order valence-electron chi connectivity index (χ4n) is 1.99. The van der Waals surface area contributed by atoms with E-state index in [2.05, 4.69) is 0 Å². The average molecular weight is 267 g/mol. The van der Waals surface area contributed by atoms with E-state index < -0.39 is 12.0 Å². The molecule has 2 rings (SSSR count). The van der Waals surface area contributed by atoms with E-state index >= 15 is 0 Å². The molecule has 0 saturated heterocycles. The summed E-state index contributed by atoms with van der Waals surface area (Å²) in [6.45, 7) is 5.46. The number of carbonyl (C=O) groups is 2. The smallest absolute Gasteiger partial charge is 0.326 e. The first-order valence-electron chi connectivity index (χ1n) is 6.03. The summed E-state index contributed by atoms with van der Waals surface area (Å²) < 4.78 is 0. The van der Waals surface area contributed by atoms with Crippen LogP contribution in [0.5, 0.6) is 0 Å². The lowest BCUT2D eigenvalue weighted by Crippen LogP contribution is -2.44. The molecule has 1 saturated carbocycles. The maximum atomic E-state index is 12.5. The lowest BCUT2D eigenvalue weighted by Gasteiger charge is -2.26. The van der Waals surface area contributed by atoms with Crippen molar-refractivity contribution in [3.8, 4) is 0 Å². The van der Waals surface area contributed by atoms with Crippen molar-refractivity contribution in [2.45, 2.75) is 45.7 Å². The Morgan fingerprint density at radius 3 is 2.44 bits per heavy atom. The van der Waals surface area contributed by atoms with Crippen molar-refractivity contribution in [3.05, 3.63) is 21.4 Å². The van der Waals surface area contributed by atoms with E-state index in [1.54, 1.807) is 6.92 Å². The van der Waals surface area contributed by atoms with Crippen LogP contribution in [-0.4, -0.2) is 34.0 Å². The molecule has 1 fully saturated rings. The van der Waals surface area contributed by atoms with Crippen molar-refractivity contribution < 1.29 is 14.7 Å². The molecule has 1 unspecified atom stereocenters. The Morgan fingerprint density at radius 1 is 1.44 bits per heavy atom. The first-order valence-corrected chi connectivity index (χ1v) is 6.91. The van der Waals surface area contributed by atoms with E-state index in [1.165, 1.54) is 16.2 Å². The molecule has 1 aliphatic carbocycles. The number of amides is 1.